The van der Waals surface area contributed by atoms with Crippen LogP contribution in [0.3, 0.4) is 0 Å². The third-order valence-electron chi connectivity index (χ3n) is 0.911. The standard InChI is InChI=1S/C8H14O/c1-8(2)6-4-5-7-9-3/h4-5,8H,6H2,1-3H3/b5-4+. The second kappa shape index (κ2) is 5.54. The molecule has 0 fully saturated rings. The van der Waals surface area contributed by atoms with Crippen LogP contribution in [-0.2, 0) is 4.42 Å². The van der Waals surface area contributed by atoms with E-state index in [1.54, 1.807) is 13.2 Å². The summed E-state index contributed by atoms with van der Waals surface area (Å²) in [6.07, 6.45) is 7.57. The summed E-state index contributed by atoms with van der Waals surface area (Å²) < 4.78 is 4.59. The summed E-state index contributed by atoms with van der Waals surface area (Å²) in [5, 5.41) is 0. The van der Waals surface area contributed by atoms with Crippen LogP contribution in [0.15, 0.2) is 12.2 Å². The highest BCUT2D eigenvalue weighted by molar-refractivity contribution is 5.65. The molecule has 0 saturated heterocycles. The van der Waals surface area contributed by atoms with Gasteiger partial charge >= 0.3 is 0 Å². The zero-order valence-electron chi connectivity index (χ0n) is 6.35. The fourth-order valence-electron chi connectivity index (χ4n) is 0.456. The van der Waals surface area contributed by atoms with Crippen molar-refractivity contribution in [1.29, 1.82) is 0 Å². The van der Waals surface area contributed by atoms with Gasteiger partial charge in [0.25, 0.3) is 0 Å². The first-order valence-electron chi connectivity index (χ1n) is 3.21. The molecule has 0 unspecified atom stereocenters. The molecule has 0 saturated carbocycles. The summed E-state index contributed by atoms with van der Waals surface area (Å²) in [7, 11) is 1.60. The average molecular weight is 126 g/mol. The number of hydrogen-bond donors (Lipinski definition) is 0. The Balaban J connectivity index is 3.25. The monoisotopic (exact) mass is 126 g/mol. The van der Waals surface area contributed by atoms with Crippen molar-refractivity contribution in [3.63, 3.8) is 0 Å². The van der Waals surface area contributed by atoms with Gasteiger partial charge in [0.1, 0.15) is 0 Å². The van der Waals surface area contributed by atoms with Gasteiger partial charge in [-0.2, -0.15) is 0 Å². The second-order valence-corrected chi connectivity index (χ2v) is 2.35. The number of hydrogen-bond acceptors (Lipinski definition) is 0. The molecular formula is C8H14O. The molecule has 0 aliphatic carbocycles. The molecule has 0 spiro atoms. The van der Waals surface area contributed by atoms with Crippen LogP contribution in [0.1, 0.15) is 20.3 Å². The highest BCUT2D eigenvalue weighted by atomic mass is 16.4. The maximum absolute atomic E-state index is 4.59. The number of rotatable bonds is 3. The molecule has 0 aliphatic heterocycles. The predicted molar refractivity (Wildman–Crippen MR) is 40.2 cm³/mol. The van der Waals surface area contributed by atoms with Crippen molar-refractivity contribution in [2.75, 3.05) is 7.11 Å². The van der Waals surface area contributed by atoms with E-state index in [0.29, 0.717) is 0 Å². The van der Waals surface area contributed by atoms with E-state index in [-0.39, 0.29) is 0 Å². The van der Waals surface area contributed by atoms with Crippen molar-refractivity contribution >= 4 is 6.29 Å². The summed E-state index contributed by atoms with van der Waals surface area (Å²) in [4.78, 5) is 0. The summed E-state index contributed by atoms with van der Waals surface area (Å²) in [6, 6.07) is 0. The molecule has 0 aliphatic rings. The van der Waals surface area contributed by atoms with Crippen molar-refractivity contribution in [1.82, 2.24) is 0 Å². The van der Waals surface area contributed by atoms with Gasteiger partial charge in [-0.05, 0) is 0 Å². The van der Waals surface area contributed by atoms with E-state index in [9.17, 15) is 0 Å². The quantitative estimate of drug-likeness (QED) is 0.311. The molecule has 0 rings (SSSR count). The van der Waals surface area contributed by atoms with Gasteiger partial charge in [-0.25, -0.2) is 6.08 Å². The fourth-order valence-corrected chi connectivity index (χ4v) is 0.456. The molecule has 52 valence electrons. The van der Waals surface area contributed by atoms with Crippen LogP contribution in [0.2, 0.25) is 0 Å². The van der Waals surface area contributed by atoms with E-state index in [0.717, 1.165) is 12.3 Å². The molecule has 0 N–H and O–H groups in total. The normalized spacial score (nSPS) is 12.4. The molecule has 1 nitrogen and oxygen atoms in total. The molecule has 0 aromatic carbocycles. The maximum atomic E-state index is 4.59. The second-order valence-electron chi connectivity index (χ2n) is 2.35. The van der Waals surface area contributed by atoms with Crippen molar-refractivity contribution in [3.05, 3.63) is 12.2 Å². The highest BCUT2D eigenvalue weighted by Gasteiger charge is 1.80. The molecule has 0 aromatic heterocycles. The lowest BCUT2D eigenvalue weighted by Crippen LogP contribution is -1.81. The fraction of sp³-hybridized carbons (Fsp3) is 0.625. The SMILES string of the molecule is C[O+]=[C-]/C=C/CC(C)C. The Morgan fingerprint density at radius 3 is 2.67 bits per heavy atom. The van der Waals surface area contributed by atoms with Gasteiger partial charge in [-0.15, -0.1) is 6.08 Å². The van der Waals surface area contributed by atoms with E-state index in [4.69, 9.17) is 0 Å². The van der Waals surface area contributed by atoms with E-state index in [1.807, 2.05) is 6.08 Å². The van der Waals surface area contributed by atoms with Gasteiger partial charge in [-0.1, -0.05) is 26.2 Å². The zero-order valence-corrected chi connectivity index (χ0v) is 6.35. The van der Waals surface area contributed by atoms with Gasteiger partial charge < -0.3 is 4.42 Å². The van der Waals surface area contributed by atoms with Crippen molar-refractivity contribution in [3.8, 4) is 0 Å². The van der Waals surface area contributed by atoms with Crippen LogP contribution >= 0.6 is 0 Å². The topological polar surface area (TPSA) is 11.3 Å². The summed E-state index contributed by atoms with van der Waals surface area (Å²) in [6.45, 7) is 4.36. The zero-order chi connectivity index (χ0) is 7.11. The van der Waals surface area contributed by atoms with Crippen LogP contribution in [-0.4, -0.2) is 13.4 Å². The van der Waals surface area contributed by atoms with E-state index < -0.39 is 0 Å². The molecule has 9 heavy (non-hydrogen) atoms. The van der Waals surface area contributed by atoms with Gasteiger partial charge in [0.2, 0.25) is 13.4 Å². The molecule has 0 bridgehead atoms. The third-order valence-corrected chi connectivity index (χ3v) is 0.911. The van der Waals surface area contributed by atoms with E-state index >= 15 is 0 Å². The smallest absolute Gasteiger partial charge is 0.229 e. The highest BCUT2D eigenvalue weighted by Crippen LogP contribution is 1.98. The minimum Gasteiger partial charge on any atom is -0.355 e. The molecular weight excluding hydrogens is 112 g/mol. The summed E-state index contributed by atoms with van der Waals surface area (Å²) in [5.41, 5.74) is 0. The van der Waals surface area contributed by atoms with Gasteiger partial charge in [0.15, 0.2) is 0 Å². The summed E-state index contributed by atoms with van der Waals surface area (Å²) in [5.74, 6) is 0.722. The lowest BCUT2D eigenvalue weighted by atomic mass is 10.1. The Kier molecular flexibility index (Phi) is 5.18. The van der Waals surface area contributed by atoms with Gasteiger partial charge in [-0.3, -0.25) is 0 Å². The van der Waals surface area contributed by atoms with E-state index in [1.165, 1.54) is 0 Å². The Labute approximate surface area is 57.1 Å². The number of allylic oxidation sites excluding steroid dienone is 2. The Hall–Kier alpha value is -0.590. The lowest BCUT2D eigenvalue weighted by Gasteiger charge is -1.98. The van der Waals surface area contributed by atoms with Crippen LogP contribution in [0.4, 0.5) is 0 Å². The van der Waals surface area contributed by atoms with E-state index in [2.05, 4.69) is 24.6 Å². The Morgan fingerprint density at radius 2 is 2.22 bits per heavy atom. The Bertz CT molecular complexity index is 101. The molecule has 0 heterocycles. The lowest BCUT2D eigenvalue weighted by molar-refractivity contribution is 0.186. The molecule has 0 aromatic rings. The van der Waals surface area contributed by atoms with Gasteiger partial charge in [0, 0.05) is 0 Å². The molecule has 0 atom stereocenters. The molecule has 0 amide bonds. The average Bonchev–Trinajstić information content (AvgIpc) is 1.80. The molecule has 1 heteroatoms. The minimum absolute atomic E-state index is 0.722. The summed E-state index contributed by atoms with van der Waals surface area (Å²) >= 11 is 0. The maximum Gasteiger partial charge on any atom is 0.229 e. The molecule has 0 radical (unpaired) electrons. The minimum atomic E-state index is 0.722. The largest absolute Gasteiger partial charge is 0.355 e. The predicted octanol–water partition coefficient (Wildman–Crippen LogP) is 1.86. The number of carbonyl (C=O) groups excluding carboxylic acids is 1. The van der Waals surface area contributed by atoms with Crippen LogP contribution in [0.5, 0.6) is 0 Å². The van der Waals surface area contributed by atoms with Crippen LogP contribution < -0.4 is 0 Å². The van der Waals surface area contributed by atoms with Crippen LogP contribution in [0, 0.1) is 5.92 Å². The first-order chi connectivity index (χ1) is 4.27. The first-order valence-corrected chi connectivity index (χ1v) is 3.21. The van der Waals surface area contributed by atoms with Crippen LogP contribution in [0.25, 0.3) is 0 Å². The first kappa shape index (κ1) is 8.41. The van der Waals surface area contributed by atoms with Gasteiger partial charge in [0.05, 0.1) is 0 Å². The third kappa shape index (κ3) is 7.41. The van der Waals surface area contributed by atoms with Crippen molar-refractivity contribution in [2.24, 2.45) is 5.92 Å². The Morgan fingerprint density at radius 1 is 1.56 bits per heavy atom. The van der Waals surface area contributed by atoms with Crippen molar-refractivity contribution < 1.29 is 4.42 Å². The van der Waals surface area contributed by atoms with Crippen molar-refractivity contribution in [2.45, 2.75) is 20.3 Å².